The Morgan fingerprint density at radius 2 is 1.68 bits per heavy atom. The first kappa shape index (κ1) is 16.0. The van der Waals surface area contributed by atoms with Gasteiger partial charge < -0.3 is 0 Å². The molecule has 0 atom stereocenters. The van der Waals surface area contributed by atoms with E-state index in [1.807, 2.05) is 38.1 Å². The van der Waals surface area contributed by atoms with Gasteiger partial charge in [0.2, 0.25) is 9.84 Å². The molecule has 0 fully saturated rings. The summed E-state index contributed by atoms with van der Waals surface area (Å²) < 4.78 is 25.0. The van der Waals surface area contributed by atoms with Gasteiger partial charge in [-0.25, -0.2) is 8.42 Å². The first-order valence-corrected chi connectivity index (χ1v) is 8.48. The summed E-state index contributed by atoms with van der Waals surface area (Å²) >= 11 is 0. The molecule has 22 heavy (non-hydrogen) atoms. The third kappa shape index (κ3) is 3.44. The molecule has 3 nitrogen and oxygen atoms in total. The van der Waals surface area contributed by atoms with E-state index in [4.69, 9.17) is 0 Å². The van der Waals surface area contributed by atoms with Crippen molar-refractivity contribution < 1.29 is 8.42 Å². The molecule has 0 saturated carbocycles. The molecule has 0 bridgehead atoms. The average molecular weight is 311 g/mol. The molecule has 0 radical (unpaired) electrons. The molecule has 0 aliphatic heterocycles. The highest BCUT2D eigenvalue weighted by molar-refractivity contribution is 7.95. The van der Waals surface area contributed by atoms with Crippen LogP contribution in [0.5, 0.6) is 0 Å². The minimum absolute atomic E-state index is 0.135. The topological polar surface area (TPSA) is 57.9 Å². The number of benzene rings is 2. The SMILES string of the molecule is CCc1ccc(/C=C(\C#N)S(=O)(=O)c2ccc(C)cc2)cc1. The molecule has 0 unspecified atom stereocenters. The van der Waals surface area contributed by atoms with Gasteiger partial charge in [0.25, 0.3) is 0 Å². The van der Waals surface area contributed by atoms with Gasteiger partial charge in [-0.3, -0.25) is 0 Å². The van der Waals surface area contributed by atoms with Crippen LogP contribution in [0.15, 0.2) is 58.3 Å². The molecule has 0 amide bonds. The quantitative estimate of drug-likeness (QED) is 0.805. The number of nitriles is 1. The van der Waals surface area contributed by atoms with Gasteiger partial charge in [-0.1, -0.05) is 48.9 Å². The van der Waals surface area contributed by atoms with E-state index in [9.17, 15) is 13.7 Å². The molecular formula is C18H17NO2S. The van der Waals surface area contributed by atoms with Gasteiger partial charge in [0.15, 0.2) is 0 Å². The number of allylic oxidation sites excluding steroid dienone is 1. The van der Waals surface area contributed by atoms with Crippen molar-refractivity contribution in [2.75, 3.05) is 0 Å². The maximum atomic E-state index is 12.5. The van der Waals surface area contributed by atoms with Crippen molar-refractivity contribution in [1.29, 1.82) is 5.26 Å². The lowest BCUT2D eigenvalue weighted by atomic mass is 10.1. The molecular weight excluding hydrogens is 294 g/mol. The smallest absolute Gasteiger partial charge is 0.216 e. The number of rotatable bonds is 4. The molecule has 0 aliphatic rings. The van der Waals surface area contributed by atoms with E-state index < -0.39 is 9.84 Å². The average Bonchev–Trinajstić information content (AvgIpc) is 2.53. The summed E-state index contributed by atoms with van der Waals surface area (Å²) in [5.74, 6) is 0. The summed E-state index contributed by atoms with van der Waals surface area (Å²) in [6, 6.07) is 15.8. The monoisotopic (exact) mass is 311 g/mol. The summed E-state index contributed by atoms with van der Waals surface area (Å²) in [7, 11) is -3.78. The Morgan fingerprint density at radius 3 is 2.18 bits per heavy atom. The Bertz CT molecular complexity index is 824. The second-order valence-corrected chi connectivity index (χ2v) is 6.95. The Labute approximate surface area is 131 Å². The predicted molar refractivity (Wildman–Crippen MR) is 87.8 cm³/mol. The van der Waals surface area contributed by atoms with Gasteiger partial charge in [-0.15, -0.1) is 0 Å². The third-order valence-electron chi connectivity index (χ3n) is 3.42. The van der Waals surface area contributed by atoms with Crippen LogP contribution in [0.3, 0.4) is 0 Å². The number of nitrogens with zero attached hydrogens (tertiary/aromatic N) is 1. The molecule has 2 aromatic rings. The van der Waals surface area contributed by atoms with Crippen LogP contribution in [0.1, 0.15) is 23.6 Å². The van der Waals surface area contributed by atoms with E-state index in [-0.39, 0.29) is 9.80 Å². The van der Waals surface area contributed by atoms with Crippen LogP contribution in [0.25, 0.3) is 6.08 Å². The van der Waals surface area contributed by atoms with Crippen LogP contribution >= 0.6 is 0 Å². The highest BCUT2D eigenvalue weighted by Gasteiger charge is 2.20. The van der Waals surface area contributed by atoms with Crippen molar-refractivity contribution in [3.8, 4) is 6.07 Å². The second-order valence-electron chi connectivity index (χ2n) is 5.03. The van der Waals surface area contributed by atoms with Crippen molar-refractivity contribution in [3.05, 3.63) is 70.1 Å². The number of sulfone groups is 1. The van der Waals surface area contributed by atoms with Crippen molar-refractivity contribution >= 4 is 15.9 Å². The normalized spacial score (nSPS) is 12.0. The number of hydrogen-bond donors (Lipinski definition) is 0. The van der Waals surface area contributed by atoms with Gasteiger partial charge in [-0.2, -0.15) is 5.26 Å². The van der Waals surface area contributed by atoms with E-state index in [2.05, 4.69) is 0 Å². The summed E-state index contributed by atoms with van der Waals surface area (Å²) in [5, 5.41) is 9.24. The van der Waals surface area contributed by atoms with Crippen LogP contribution in [0, 0.1) is 18.3 Å². The molecule has 0 N–H and O–H groups in total. The molecule has 2 rings (SSSR count). The van der Waals surface area contributed by atoms with Gasteiger partial charge in [-0.05, 0) is 42.7 Å². The highest BCUT2D eigenvalue weighted by Crippen LogP contribution is 2.21. The van der Waals surface area contributed by atoms with Crippen LogP contribution in [0.4, 0.5) is 0 Å². The summed E-state index contributed by atoms with van der Waals surface area (Å²) in [4.78, 5) is -0.114. The Hall–Kier alpha value is -2.38. The fourth-order valence-corrected chi connectivity index (χ4v) is 3.18. The fraction of sp³-hybridized carbons (Fsp3) is 0.167. The van der Waals surface area contributed by atoms with E-state index in [0.717, 1.165) is 17.5 Å². The zero-order valence-electron chi connectivity index (χ0n) is 12.6. The van der Waals surface area contributed by atoms with Gasteiger partial charge in [0, 0.05) is 0 Å². The Balaban J connectivity index is 2.43. The maximum Gasteiger partial charge on any atom is 0.216 e. The van der Waals surface area contributed by atoms with Crippen LogP contribution in [-0.4, -0.2) is 8.42 Å². The largest absolute Gasteiger partial charge is 0.218 e. The molecule has 0 aromatic heterocycles. The number of hydrogen-bond acceptors (Lipinski definition) is 3. The van der Waals surface area contributed by atoms with Gasteiger partial charge in [0.05, 0.1) is 4.90 Å². The first-order chi connectivity index (χ1) is 10.5. The van der Waals surface area contributed by atoms with Crippen LogP contribution in [-0.2, 0) is 16.3 Å². The molecule has 112 valence electrons. The first-order valence-electron chi connectivity index (χ1n) is 7.00. The molecule has 2 aromatic carbocycles. The standard InChI is InChI=1S/C18H17NO2S/c1-3-15-6-8-16(9-7-15)12-18(13-19)22(20,21)17-10-4-14(2)5-11-17/h4-12H,3H2,1-2H3/b18-12+. The zero-order valence-corrected chi connectivity index (χ0v) is 13.4. The van der Waals surface area contributed by atoms with E-state index in [1.54, 1.807) is 18.2 Å². The highest BCUT2D eigenvalue weighted by atomic mass is 32.2. The van der Waals surface area contributed by atoms with Crippen LogP contribution < -0.4 is 0 Å². The lowest BCUT2D eigenvalue weighted by Crippen LogP contribution is -2.03. The van der Waals surface area contributed by atoms with Crippen molar-refractivity contribution in [3.63, 3.8) is 0 Å². The third-order valence-corrected chi connectivity index (χ3v) is 5.10. The van der Waals surface area contributed by atoms with E-state index in [0.29, 0.717) is 5.56 Å². The Kier molecular flexibility index (Phi) is 4.79. The summed E-state index contributed by atoms with van der Waals surface area (Å²) in [6.07, 6.45) is 2.32. The van der Waals surface area contributed by atoms with E-state index >= 15 is 0 Å². The maximum absolute atomic E-state index is 12.5. The zero-order chi connectivity index (χ0) is 16.2. The Morgan fingerprint density at radius 1 is 1.09 bits per heavy atom. The lowest BCUT2D eigenvalue weighted by Gasteiger charge is -2.04. The molecule has 0 spiro atoms. The van der Waals surface area contributed by atoms with Crippen molar-refractivity contribution in [2.45, 2.75) is 25.2 Å². The molecule has 0 heterocycles. The van der Waals surface area contributed by atoms with Crippen molar-refractivity contribution in [2.24, 2.45) is 0 Å². The lowest BCUT2D eigenvalue weighted by molar-refractivity contribution is 0.603. The van der Waals surface area contributed by atoms with E-state index in [1.165, 1.54) is 18.2 Å². The molecule has 0 aliphatic carbocycles. The van der Waals surface area contributed by atoms with Gasteiger partial charge in [0.1, 0.15) is 11.0 Å². The number of aryl methyl sites for hydroxylation is 2. The summed E-state index contributed by atoms with van der Waals surface area (Å²) in [6.45, 7) is 3.93. The molecule has 4 heteroatoms. The minimum Gasteiger partial charge on any atom is -0.218 e. The van der Waals surface area contributed by atoms with Gasteiger partial charge >= 0.3 is 0 Å². The predicted octanol–water partition coefficient (Wildman–Crippen LogP) is 3.90. The molecule has 0 saturated heterocycles. The van der Waals surface area contributed by atoms with Crippen molar-refractivity contribution in [1.82, 2.24) is 0 Å². The minimum atomic E-state index is -3.78. The summed E-state index contributed by atoms with van der Waals surface area (Å²) in [5.41, 5.74) is 2.83. The van der Waals surface area contributed by atoms with Crippen LogP contribution in [0.2, 0.25) is 0 Å². The second kappa shape index (κ2) is 6.59. The fourth-order valence-electron chi connectivity index (χ4n) is 2.02.